The van der Waals surface area contributed by atoms with E-state index in [0.717, 1.165) is 12.8 Å². The van der Waals surface area contributed by atoms with E-state index in [1.807, 2.05) is 6.92 Å². The fraction of sp³-hybridized carbons (Fsp3) is 0.615. The van der Waals surface area contributed by atoms with E-state index in [1.165, 1.54) is 13.1 Å². The summed E-state index contributed by atoms with van der Waals surface area (Å²) in [4.78, 5) is 11.3. The molecule has 1 heterocycles. The number of esters is 1. The van der Waals surface area contributed by atoms with Gasteiger partial charge >= 0.3 is 5.97 Å². The van der Waals surface area contributed by atoms with Crippen molar-refractivity contribution >= 4 is 5.97 Å². The number of carbonyl (C=O) groups excluding carboxylic acids is 1. The van der Waals surface area contributed by atoms with Crippen molar-refractivity contribution in [1.29, 1.82) is 0 Å². The molecule has 0 aliphatic carbocycles. The van der Waals surface area contributed by atoms with Gasteiger partial charge in [0.1, 0.15) is 6.61 Å². The molecule has 1 aliphatic heterocycles. The molecular formula is C13H23NO4. The lowest BCUT2D eigenvalue weighted by molar-refractivity contribution is -0.156. The second-order valence-electron chi connectivity index (χ2n) is 3.55. The lowest BCUT2D eigenvalue weighted by Crippen LogP contribution is -2.21. The largest absolute Gasteiger partial charge is 0.459 e. The van der Waals surface area contributed by atoms with Gasteiger partial charge in [-0.3, -0.25) is 0 Å². The molecular weight excluding hydrogens is 234 g/mol. The molecule has 0 amide bonds. The molecule has 0 aromatic heterocycles. The number of carbonyl (C=O) groups is 1. The Bertz CT molecular complexity index is 278. The Morgan fingerprint density at radius 2 is 2.17 bits per heavy atom. The standard InChI is InChI=1S/C12H18O4.CH5N/c1-4-9(3)12(13)15-8-10-6-7-11(16-10)14-5-2;1-2/h4,10-11H,1,3,5-8H2,2H3;2H2,1H3. The number of nitrogens with two attached hydrogens (primary N) is 1. The summed E-state index contributed by atoms with van der Waals surface area (Å²) < 4.78 is 15.8. The van der Waals surface area contributed by atoms with E-state index in [-0.39, 0.29) is 24.6 Å². The highest BCUT2D eigenvalue weighted by Crippen LogP contribution is 2.20. The minimum absolute atomic E-state index is 0.0712. The first kappa shape index (κ1) is 16.8. The van der Waals surface area contributed by atoms with Gasteiger partial charge in [-0.2, -0.15) is 0 Å². The van der Waals surface area contributed by atoms with Crippen molar-refractivity contribution < 1.29 is 19.0 Å². The van der Waals surface area contributed by atoms with Gasteiger partial charge in [-0.1, -0.05) is 19.2 Å². The van der Waals surface area contributed by atoms with Gasteiger partial charge in [0.05, 0.1) is 11.7 Å². The van der Waals surface area contributed by atoms with Crippen molar-refractivity contribution in [3.8, 4) is 0 Å². The third-order valence-corrected chi connectivity index (χ3v) is 2.33. The van der Waals surface area contributed by atoms with Crippen molar-refractivity contribution in [3.05, 3.63) is 24.8 Å². The van der Waals surface area contributed by atoms with Crippen molar-refractivity contribution in [3.63, 3.8) is 0 Å². The number of hydrogen-bond donors (Lipinski definition) is 1. The minimum Gasteiger partial charge on any atom is -0.459 e. The van der Waals surface area contributed by atoms with Gasteiger partial charge < -0.3 is 19.9 Å². The van der Waals surface area contributed by atoms with Crippen molar-refractivity contribution in [2.75, 3.05) is 20.3 Å². The lowest BCUT2D eigenvalue weighted by atomic mass is 10.2. The van der Waals surface area contributed by atoms with Crippen LogP contribution in [0.3, 0.4) is 0 Å². The quantitative estimate of drug-likeness (QED) is 0.442. The number of hydrogen-bond acceptors (Lipinski definition) is 5. The molecule has 1 fully saturated rings. The number of rotatable bonds is 6. The minimum atomic E-state index is -0.446. The fourth-order valence-corrected chi connectivity index (χ4v) is 1.45. The third-order valence-electron chi connectivity index (χ3n) is 2.33. The summed E-state index contributed by atoms with van der Waals surface area (Å²) in [5.41, 5.74) is 4.76. The van der Waals surface area contributed by atoms with Gasteiger partial charge in [0, 0.05) is 13.0 Å². The van der Waals surface area contributed by atoms with Crippen LogP contribution in [0.4, 0.5) is 0 Å². The van der Waals surface area contributed by atoms with Gasteiger partial charge in [0.2, 0.25) is 0 Å². The zero-order chi connectivity index (χ0) is 14.0. The average Bonchev–Trinajstić information content (AvgIpc) is 2.85. The van der Waals surface area contributed by atoms with E-state index in [0.29, 0.717) is 6.61 Å². The molecule has 0 saturated carbocycles. The Labute approximate surface area is 109 Å². The summed E-state index contributed by atoms with van der Waals surface area (Å²) >= 11 is 0. The first-order valence-corrected chi connectivity index (χ1v) is 6.00. The second-order valence-corrected chi connectivity index (χ2v) is 3.55. The first-order valence-electron chi connectivity index (χ1n) is 6.00. The van der Waals surface area contributed by atoms with Crippen molar-refractivity contribution in [2.45, 2.75) is 32.2 Å². The summed E-state index contributed by atoms with van der Waals surface area (Å²) in [7, 11) is 1.50. The van der Waals surface area contributed by atoms with Crippen LogP contribution >= 0.6 is 0 Å². The molecule has 5 nitrogen and oxygen atoms in total. The molecule has 0 bridgehead atoms. The molecule has 2 atom stereocenters. The zero-order valence-electron chi connectivity index (χ0n) is 11.2. The fourth-order valence-electron chi connectivity index (χ4n) is 1.45. The highest BCUT2D eigenvalue weighted by atomic mass is 16.7. The molecule has 0 spiro atoms. The van der Waals surface area contributed by atoms with E-state index in [4.69, 9.17) is 14.2 Å². The molecule has 0 aromatic rings. The molecule has 18 heavy (non-hydrogen) atoms. The third kappa shape index (κ3) is 5.95. The smallest absolute Gasteiger partial charge is 0.337 e. The molecule has 0 aromatic carbocycles. The van der Waals surface area contributed by atoms with Crippen LogP contribution in [0.25, 0.3) is 0 Å². The predicted octanol–water partition coefficient (Wildman–Crippen LogP) is 1.39. The van der Waals surface area contributed by atoms with Crippen molar-refractivity contribution in [2.24, 2.45) is 5.73 Å². The monoisotopic (exact) mass is 257 g/mol. The van der Waals surface area contributed by atoms with E-state index in [2.05, 4.69) is 18.9 Å². The molecule has 2 N–H and O–H groups in total. The average molecular weight is 257 g/mol. The number of ether oxygens (including phenoxy) is 3. The molecule has 0 radical (unpaired) electrons. The molecule has 1 saturated heterocycles. The molecule has 5 heteroatoms. The van der Waals surface area contributed by atoms with Gasteiger partial charge in [-0.15, -0.1) is 0 Å². The summed E-state index contributed by atoms with van der Waals surface area (Å²) in [6, 6.07) is 0. The normalized spacial score (nSPS) is 21.7. The summed E-state index contributed by atoms with van der Waals surface area (Å²) in [5.74, 6) is -0.446. The Balaban J connectivity index is 0.00000137. The van der Waals surface area contributed by atoms with Gasteiger partial charge in [-0.05, 0) is 20.4 Å². The topological polar surface area (TPSA) is 70.8 Å². The van der Waals surface area contributed by atoms with Crippen LogP contribution in [-0.2, 0) is 19.0 Å². The molecule has 1 rings (SSSR count). The van der Waals surface area contributed by atoms with E-state index in [9.17, 15) is 4.79 Å². The van der Waals surface area contributed by atoms with Crippen LogP contribution in [-0.4, -0.2) is 38.6 Å². The summed E-state index contributed by atoms with van der Waals surface area (Å²) in [5, 5.41) is 0. The van der Waals surface area contributed by atoms with Crippen LogP contribution < -0.4 is 5.73 Å². The second kappa shape index (κ2) is 9.82. The molecule has 104 valence electrons. The molecule has 1 aliphatic rings. The Hall–Kier alpha value is -1.17. The predicted molar refractivity (Wildman–Crippen MR) is 69.9 cm³/mol. The maximum absolute atomic E-state index is 11.3. The van der Waals surface area contributed by atoms with Crippen LogP contribution in [0.5, 0.6) is 0 Å². The Morgan fingerprint density at radius 1 is 1.50 bits per heavy atom. The lowest BCUT2D eigenvalue weighted by Gasteiger charge is -2.13. The summed E-state index contributed by atoms with van der Waals surface area (Å²) in [6.45, 7) is 9.75. The first-order chi connectivity index (χ1) is 8.67. The maximum atomic E-state index is 11.3. The molecule has 2 unspecified atom stereocenters. The highest BCUT2D eigenvalue weighted by molar-refractivity contribution is 5.90. The van der Waals surface area contributed by atoms with E-state index in [1.54, 1.807) is 0 Å². The van der Waals surface area contributed by atoms with Gasteiger partial charge in [0.25, 0.3) is 0 Å². The van der Waals surface area contributed by atoms with Crippen LogP contribution in [0.1, 0.15) is 19.8 Å². The highest BCUT2D eigenvalue weighted by Gasteiger charge is 2.26. The SMILES string of the molecule is C=CC(=C)C(=O)OCC1CCC(OCC)O1.CN. The zero-order valence-corrected chi connectivity index (χ0v) is 11.2. The summed E-state index contributed by atoms with van der Waals surface area (Å²) in [6.07, 6.45) is 2.84. The van der Waals surface area contributed by atoms with Crippen LogP contribution in [0, 0.1) is 0 Å². The Morgan fingerprint density at radius 3 is 2.72 bits per heavy atom. The van der Waals surface area contributed by atoms with E-state index < -0.39 is 5.97 Å². The van der Waals surface area contributed by atoms with Crippen LogP contribution in [0.15, 0.2) is 24.8 Å². The Kier molecular flexibility index (Phi) is 9.18. The maximum Gasteiger partial charge on any atom is 0.337 e. The van der Waals surface area contributed by atoms with Crippen LogP contribution in [0.2, 0.25) is 0 Å². The van der Waals surface area contributed by atoms with Gasteiger partial charge in [-0.25, -0.2) is 4.79 Å². The van der Waals surface area contributed by atoms with Crippen molar-refractivity contribution in [1.82, 2.24) is 0 Å². The van der Waals surface area contributed by atoms with Gasteiger partial charge in [0.15, 0.2) is 6.29 Å². The van der Waals surface area contributed by atoms with E-state index >= 15 is 0 Å².